The van der Waals surface area contributed by atoms with Gasteiger partial charge in [0.25, 0.3) is 0 Å². The van der Waals surface area contributed by atoms with Crippen molar-refractivity contribution in [2.24, 2.45) is 0 Å². The van der Waals surface area contributed by atoms with Gasteiger partial charge in [-0.05, 0) is 19.1 Å². The average molecular weight is 330 g/mol. The zero-order valence-electron chi connectivity index (χ0n) is 13.2. The lowest BCUT2D eigenvalue weighted by Gasteiger charge is -2.31. The van der Waals surface area contributed by atoms with E-state index >= 15 is 0 Å². The third-order valence-corrected chi connectivity index (χ3v) is 4.23. The van der Waals surface area contributed by atoms with Crippen molar-refractivity contribution < 1.29 is 13.5 Å². The highest BCUT2D eigenvalue weighted by Crippen LogP contribution is 2.37. The van der Waals surface area contributed by atoms with Crippen LogP contribution in [-0.2, 0) is 4.74 Å². The Labute approximate surface area is 137 Å². The van der Waals surface area contributed by atoms with E-state index in [4.69, 9.17) is 4.74 Å². The number of aryl methyl sites for hydroxylation is 1. The molecule has 0 atom stereocenters. The summed E-state index contributed by atoms with van der Waals surface area (Å²) < 4.78 is 36.1. The van der Waals surface area contributed by atoms with Gasteiger partial charge >= 0.3 is 0 Å². The summed E-state index contributed by atoms with van der Waals surface area (Å²) >= 11 is 0. The summed E-state index contributed by atoms with van der Waals surface area (Å²) in [6.07, 6.45) is 3.39. The Morgan fingerprint density at radius 1 is 1.08 bits per heavy atom. The summed E-state index contributed by atoms with van der Waals surface area (Å²) in [6.45, 7) is 4.16. The van der Waals surface area contributed by atoms with Crippen LogP contribution in [0, 0.1) is 18.6 Å². The predicted octanol–water partition coefficient (Wildman–Crippen LogP) is 2.82. The second-order valence-electron chi connectivity index (χ2n) is 5.69. The van der Waals surface area contributed by atoms with Gasteiger partial charge in [0.15, 0.2) is 0 Å². The van der Waals surface area contributed by atoms with Gasteiger partial charge in [-0.15, -0.1) is 0 Å². The number of hydrogen-bond acceptors (Lipinski definition) is 4. The first kappa shape index (κ1) is 15.0. The quantitative estimate of drug-likeness (QED) is 0.725. The van der Waals surface area contributed by atoms with E-state index in [1.54, 1.807) is 23.7 Å². The molecule has 0 unspecified atom stereocenters. The molecular weight excluding hydrogens is 314 g/mol. The Morgan fingerprint density at radius 2 is 1.79 bits per heavy atom. The van der Waals surface area contributed by atoms with E-state index in [1.807, 2.05) is 0 Å². The van der Waals surface area contributed by atoms with Crippen molar-refractivity contribution in [2.75, 3.05) is 31.2 Å². The maximum atomic E-state index is 14.5. The van der Waals surface area contributed by atoms with E-state index in [2.05, 4.69) is 14.9 Å². The normalized spacial score (nSPS) is 15.2. The van der Waals surface area contributed by atoms with Crippen LogP contribution >= 0.6 is 0 Å². The number of fused-ring (bicyclic) bond motifs is 1. The number of rotatable bonds is 2. The molecule has 1 saturated heterocycles. The van der Waals surface area contributed by atoms with E-state index in [0.717, 1.165) is 0 Å². The van der Waals surface area contributed by atoms with Crippen LogP contribution in [0.1, 0.15) is 5.69 Å². The van der Waals surface area contributed by atoms with Gasteiger partial charge in [0.1, 0.15) is 17.5 Å². The lowest BCUT2D eigenvalue weighted by atomic mass is 10.0. The molecule has 1 aliphatic rings. The van der Waals surface area contributed by atoms with E-state index in [1.165, 1.54) is 18.2 Å². The van der Waals surface area contributed by atoms with Crippen LogP contribution in [0.2, 0.25) is 0 Å². The fraction of sp³-hybridized carbons (Fsp3) is 0.294. The molecule has 0 N–H and O–H groups in total. The smallest absolute Gasteiger partial charge is 0.235 e. The molecule has 3 heterocycles. The lowest BCUT2D eigenvalue weighted by Crippen LogP contribution is -2.38. The van der Waals surface area contributed by atoms with Gasteiger partial charge in [-0.3, -0.25) is 4.40 Å². The number of ether oxygens (including phenoxy) is 1. The number of nitrogens with zero attached hydrogens (tertiary/aromatic N) is 4. The van der Waals surface area contributed by atoms with Gasteiger partial charge < -0.3 is 9.64 Å². The molecule has 24 heavy (non-hydrogen) atoms. The highest BCUT2D eigenvalue weighted by atomic mass is 19.1. The number of aromatic nitrogens is 3. The molecule has 1 aromatic carbocycles. The molecular formula is C17H16F2N4O. The van der Waals surface area contributed by atoms with Gasteiger partial charge in [0, 0.05) is 25.5 Å². The van der Waals surface area contributed by atoms with Crippen LogP contribution in [0.5, 0.6) is 0 Å². The minimum absolute atomic E-state index is 0.0559. The average Bonchev–Trinajstić information content (AvgIpc) is 3.03. The van der Waals surface area contributed by atoms with Crippen molar-refractivity contribution in [1.82, 2.24) is 14.4 Å². The Balaban J connectivity index is 2.05. The molecule has 7 heteroatoms. The van der Waals surface area contributed by atoms with E-state index in [9.17, 15) is 8.78 Å². The SMILES string of the molecule is Cc1nc2nccn2c(N2CCOCC2)c1-c1c(F)cccc1F. The molecule has 0 amide bonds. The largest absolute Gasteiger partial charge is 0.378 e. The lowest BCUT2D eigenvalue weighted by molar-refractivity contribution is 0.122. The van der Waals surface area contributed by atoms with Gasteiger partial charge in [-0.25, -0.2) is 18.7 Å². The highest BCUT2D eigenvalue weighted by molar-refractivity contribution is 5.80. The van der Waals surface area contributed by atoms with Crippen LogP contribution < -0.4 is 4.90 Å². The van der Waals surface area contributed by atoms with Crippen LogP contribution in [-0.4, -0.2) is 40.7 Å². The van der Waals surface area contributed by atoms with Crippen LogP contribution in [0.4, 0.5) is 14.6 Å². The van der Waals surface area contributed by atoms with E-state index in [-0.39, 0.29) is 5.56 Å². The maximum Gasteiger partial charge on any atom is 0.235 e. The number of imidazole rings is 1. The zero-order valence-corrected chi connectivity index (χ0v) is 13.2. The Hall–Kier alpha value is -2.54. The number of anilines is 1. The summed E-state index contributed by atoms with van der Waals surface area (Å²) in [5.41, 5.74) is 0.941. The highest BCUT2D eigenvalue weighted by Gasteiger charge is 2.25. The van der Waals surface area contributed by atoms with E-state index < -0.39 is 11.6 Å². The molecule has 0 aliphatic carbocycles. The molecule has 0 bridgehead atoms. The van der Waals surface area contributed by atoms with E-state index in [0.29, 0.717) is 49.2 Å². The Bertz CT molecular complexity index is 883. The molecule has 124 valence electrons. The van der Waals surface area contributed by atoms with Crippen molar-refractivity contribution in [1.29, 1.82) is 0 Å². The minimum atomic E-state index is -0.603. The molecule has 0 spiro atoms. The first-order valence-corrected chi connectivity index (χ1v) is 7.77. The van der Waals surface area contributed by atoms with Crippen LogP contribution in [0.15, 0.2) is 30.6 Å². The standard InChI is InChI=1S/C17H16F2N4O/c1-11-14(15-12(18)3-2-4-13(15)19)16(22-7-9-24-10-8-22)23-6-5-20-17(23)21-11/h2-6H,7-10H2,1H3. The van der Waals surface area contributed by atoms with Crippen molar-refractivity contribution >= 4 is 11.6 Å². The van der Waals surface area contributed by atoms with Gasteiger partial charge in [0.2, 0.25) is 5.78 Å². The third-order valence-electron chi connectivity index (χ3n) is 4.23. The molecule has 0 radical (unpaired) electrons. The van der Waals surface area contributed by atoms with Crippen molar-refractivity contribution in [3.05, 3.63) is 47.9 Å². The third kappa shape index (κ3) is 2.32. The van der Waals surface area contributed by atoms with Crippen molar-refractivity contribution in [3.63, 3.8) is 0 Å². The summed E-state index contributed by atoms with van der Waals surface area (Å²) in [7, 11) is 0. The molecule has 5 nitrogen and oxygen atoms in total. The second-order valence-corrected chi connectivity index (χ2v) is 5.69. The van der Waals surface area contributed by atoms with Gasteiger partial charge in [0.05, 0.1) is 30.0 Å². The predicted molar refractivity (Wildman–Crippen MR) is 86.1 cm³/mol. The van der Waals surface area contributed by atoms with Gasteiger partial charge in [-0.2, -0.15) is 0 Å². The summed E-state index contributed by atoms with van der Waals surface area (Å²) in [4.78, 5) is 10.7. The van der Waals surface area contributed by atoms with Gasteiger partial charge in [-0.1, -0.05) is 6.07 Å². The summed E-state index contributed by atoms with van der Waals surface area (Å²) in [5.74, 6) is -0.000427. The molecule has 2 aromatic heterocycles. The van der Waals surface area contributed by atoms with Crippen molar-refractivity contribution in [2.45, 2.75) is 6.92 Å². The number of hydrogen-bond donors (Lipinski definition) is 0. The minimum Gasteiger partial charge on any atom is -0.378 e. The monoisotopic (exact) mass is 330 g/mol. The topological polar surface area (TPSA) is 42.7 Å². The molecule has 0 saturated carbocycles. The maximum absolute atomic E-state index is 14.5. The fourth-order valence-corrected chi connectivity index (χ4v) is 3.15. The Kier molecular flexibility index (Phi) is 3.65. The van der Waals surface area contributed by atoms with Crippen molar-refractivity contribution in [3.8, 4) is 11.1 Å². The molecule has 4 rings (SSSR count). The molecule has 1 aliphatic heterocycles. The Morgan fingerprint density at radius 3 is 2.50 bits per heavy atom. The first-order chi connectivity index (χ1) is 11.7. The fourth-order valence-electron chi connectivity index (χ4n) is 3.15. The van der Waals surface area contributed by atoms with Crippen LogP contribution in [0.3, 0.4) is 0 Å². The number of benzene rings is 1. The molecule has 3 aromatic rings. The summed E-state index contributed by atoms with van der Waals surface area (Å²) in [5, 5.41) is 0. The second kappa shape index (κ2) is 5.83. The first-order valence-electron chi connectivity index (χ1n) is 7.77. The zero-order chi connectivity index (χ0) is 16.7. The van der Waals surface area contributed by atoms with Crippen LogP contribution in [0.25, 0.3) is 16.9 Å². The molecule has 1 fully saturated rings. The summed E-state index contributed by atoms with van der Waals surface area (Å²) in [6, 6.07) is 3.89. The number of halogens is 2. The number of morpholine rings is 1.